The van der Waals surface area contributed by atoms with Crippen LogP contribution >= 0.6 is 0 Å². The van der Waals surface area contributed by atoms with Gasteiger partial charge in [-0.3, -0.25) is 0 Å². The number of aryl methyl sites for hydroxylation is 2. The molecule has 0 bridgehead atoms. The third-order valence-electron chi connectivity index (χ3n) is 8.04. The molecule has 3 heteroatoms. The van der Waals surface area contributed by atoms with Crippen LogP contribution < -0.4 is 0 Å². The van der Waals surface area contributed by atoms with Gasteiger partial charge in [0.2, 0.25) is 0 Å². The maximum absolute atomic E-state index is 5.53. The average Bonchev–Trinajstić information content (AvgIpc) is 3.73. The molecule has 3 aromatic heterocycles. The molecule has 0 atom stereocenters. The first-order chi connectivity index (χ1) is 21.6. The molecule has 0 saturated heterocycles. The molecule has 1 N–H and O–H groups in total. The zero-order valence-electron chi connectivity index (χ0n) is 26.7. The van der Waals surface area contributed by atoms with Gasteiger partial charge < -0.3 is 14.0 Å². The third-order valence-corrected chi connectivity index (χ3v) is 8.04. The summed E-state index contributed by atoms with van der Waals surface area (Å²) in [6, 6.07) is 38.7. The summed E-state index contributed by atoms with van der Waals surface area (Å²) >= 11 is 0. The Morgan fingerprint density at radius 1 is 0.682 bits per heavy atom. The Morgan fingerprint density at radius 2 is 1.32 bits per heavy atom. The number of hydrogen-bond donors (Lipinski definition) is 1. The van der Waals surface area contributed by atoms with E-state index in [-0.39, 0.29) is 0 Å². The molecular formula is C41H42N2O. The van der Waals surface area contributed by atoms with Crippen LogP contribution in [0.5, 0.6) is 0 Å². The van der Waals surface area contributed by atoms with Crippen molar-refractivity contribution < 1.29 is 4.42 Å². The number of hydrogen-bond acceptors (Lipinski definition) is 1. The SMILES string of the molecule is C=Cc1oc2ccccc2c1C.CC.CC.Cn1c2ccccc2c2cccc(Cc3ccc4[nH]c5ccccc5c4c3)c21. The van der Waals surface area contributed by atoms with Crippen LogP contribution in [-0.2, 0) is 13.5 Å². The highest BCUT2D eigenvalue weighted by atomic mass is 16.3. The number of para-hydroxylation sites is 4. The second-order valence-electron chi connectivity index (χ2n) is 10.4. The number of nitrogens with one attached hydrogen (secondary N) is 1. The largest absolute Gasteiger partial charge is 0.456 e. The molecule has 3 nitrogen and oxygen atoms in total. The number of fused-ring (bicyclic) bond motifs is 7. The molecule has 0 saturated carbocycles. The van der Waals surface area contributed by atoms with E-state index >= 15 is 0 Å². The van der Waals surface area contributed by atoms with Gasteiger partial charge in [0.05, 0.1) is 5.52 Å². The minimum absolute atomic E-state index is 0.871. The number of furan rings is 1. The predicted molar refractivity (Wildman–Crippen MR) is 193 cm³/mol. The van der Waals surface area contributed by atoms with Gasteiger partial charge in [0.1, 0.15) is 11.3 Å². The van der Waals surface area contributed by atoms with Crippen LogP contribution in [0.15, 0.2) is 120 Å². The van der Waals surface area contributed by atoms with Crippen molar-refractivity contribution >= 4 is 60.7 Å². The van der Waals surface area contributed by atoms with Crippen molar-refractivity contribution in [3.05, 3.63) is 138 Å². The summed E-state index contributed by atoms with van der Waals surface area (Å²) in [4.78, 5) is 3.52. The van der Waals surface area contributed by atoms with Crippen molar-refractivity contribution in [3.8, 4) is 0 Å². The van der Waals surface area contributed by atoms with Crippen LogP contribution in [0.25, 0.3) is 60.7 Å². The molecule has 0 aliphatic carbocycles. The van der Waals surface area contributed by atoms with Crippen LogP contribution in [0.4, 0.5) is 0 Å². The van der Waals surface area contributed by atoms with E-state index in [0.717, 1.165) is 17.8 Å². The van der Waals surface area contributed by atoms with Gasteiger partial charge in [-0.25, -0.2) is 0 Å². The number of benzene rings is 5. The Bertz CT molecular complexity index is 2190. The third kappa shape index (κ3) is 5.54. The fourth-order valence-corrected chi connectivity index (χ4v) is 6.07. The summed E-state index contributed by atoms with van der Waals surface area (Å²) in [5.41, 5.74) is 9.84. The van der Waals surface area contributed by atoms with Gasteiger partial charge in [-0.1, -0.05) is 113 Å². The Balaban J connectivity index is 0.000000201. The molecule has 5 aromatic carbocycles. The molecule has 0 fully saturated rings. The lowest BCUT2D eigenvalue weighted by Gasteiger charge is -2.07. The molecule has 0 aliphatic rings. The molecule has 8 rings (SSSR count). The Labute approximate surface area is 260 Å². The maximum Gasteiger partial charge on any atom is 0.135 e. The lowest BCUT2D eigenvalue weighted by molar-refractivity contribution is 0.601. The predicted octanol–water partition coefficient (Wildman–Crippen LogP) is 12.0. The van der Waals surface area contributed by atoms with Crippen LogP contribution in [0, 0.1) is 6.92 Å². The van der Waals surface area contributed by atoms with Crippen molar-refractivity contribution in [2.45, 2.75) is 41.0 Å². The zero-order valence-corrected chi connectivity index (χ0v) is 26.7. The standard InChI is InChI=1S/C26H20N2.C11H10O.2C2H6/c1-28-25-12-5-3-9-20(25)21-10-6-7-18(26(21)28)15-17-13-14-24-22(16-17)19-8-2-4-11-23(19)27-24;1-3-10-8(2)9-6-4-5-7-11(9)12-10;2*1-2/h2-14,16,27H,15H2,1H3;3-7H,1H2,2H3;2*1-2H3. The van der Waals surface area contributed by atoms with Crippen molar-refractivity contribution in [2.24, 2.45) is 7.05 Å². The van der Waals surface area contributed by atoms with E-state index in [1.807, 2.05) is 52.8 Å². The molecule has 3 heterocycles. The zero-order chi connectivity index (χ0) is 31.2. The van der Waals surface area contributed by atoms with E-state index in [2.05, 4.69) is 114 Å². The molecule has 0 radical (unpaired) electrons. The molecule has 0 unspecified atom stereocenters. The maximum atomic E-state index is 5.53. The summed E-state index contributed by atoms with van der Waals surface area (Å²) < 4.78 is 7.87. The van der Waals surface area contributed by atoms with Gasteiger partial charge in [0.25, 0.3) is 0 Å². The fourth-order valence-electron chi connectivity index (χ4n) is 6.07. The molecular weight excluding hydrogens is 536 g/mol. The Morgan fingerprint density at radius 3 is 2.07 bits per heavy atom. The number of H-pyrrole nitrogens is 1. The van der Waals surface area contributed by atoms with Gasteiger partial charge in [-0.05, 0) is 60.9 Å². The topological polar surface area (TPSA) is 33.9 Å². The molecule has 8 aromatic rings. The van der Waals surface area contributed by atoms with E-state index < -0.39 is 0 Å². The number of rotatable bonds is 3. The highest BCUT2D eigenvalue weighted by Crippen LogP contribution is 2.32. The molecule has 0 spiro atoms. The van der Waals surface area contributed by atoms with Crippen LogP contribution in [-0.4, -0.2) is 9.55 Å². The van der Waals surface area contributed by atoms with Crippen molar-refractivity contribution in [2.75, 3.05) is 0 Å². The lowest BCUT2D eigenvalue weighted by atomic mass is 10.00. The van der Waals surface area contributed by atoms with Crippen molar-refractivity contribution in [3.63, 3.8) is 0 Å². The van der Waals surface area contributed by atoms with E-state index in [1.165, 1.54) is 65.7 Å². The quantitative estimate of drug-likeness (QED) is 0.222. The monoisotopic (exact) mass is 578 g/mol. The fraction of sp³-hybridized carbons (Fsp3) is 0.171. The highest BCUT2D eigenvalue weighted by Gasteiger charge is 2.12. The van der Waals surface area contributed by atoms with Crippen LogP contribution in [0.3, 0.4) is 0 Å². The van der Waals surface area contributed by atoms with E-state index in [4.69, 9.17) is 4.42 Å². The summed E-state index contributed by atoms with van der Waals surface area (Å²) in [5, 5.41) is 6.43. The number of aromatic nitrogens is 2. The summed E-state index contributed by atoms with van der Waals surface area (Å²) in [7, 11) is 2.18. The number of aromatic amines is 1. The van der Waals surface area contributed by atoms with Gasteiger partial charge in [-0.2, -0.15) is 0 Å². The molecule has 44 heavy (non-hydrogen) atoms. The van der Waals surface area contributed by atoms with E-state index in [0.29, 0.717) is 0 Å². The van der Waals surface area contributed by atoms with Gasteiger partial charge in [0.15, 0.2) is 0 Å². The minimum atomic E-state index is 0.871. The van der Waals surface area contributed by atoms with Gasteiger partial charge in [-0.15, -0.1) is 0 Å². The lowest BCUT2D eigenvalue weighted by Crippen LogP contribution is -1.94. The normalized spacial score (nSPS) is 10.7. The molecule has 0 amide bonds. The summed E-state index contributed by atoms with van der Waals surface area (Å²) in [6.45, 7) is 13.7. The Hall–Kier alpha value is -5.02. The second-order valence-corrected chi connectivity index (χ2v) is 10.4. The number of nitrogens with zero attached hydrogens (tertiary/aromatic N) is 1. The van der Waals surface area contributed by atoms with Crippen LogP contribution in [0.2, 0.25) is 0 Å². The average molecular weight is 579 g/mol. The van der Waals surface area contributed by atoms with Crippen molar-refractivity contribution in [1.82, 2.24) is 9.55 Å². The van der Waals surface area contributed by atoms with Crippen molar-refractivity contribution in [1.29, 1.82) is 0 Å². The van der Waals surface area contributed by atoms with Gasteiger partial charge >= 0.3 is 0 Å². The first kappa shape index (κ1) is 30.4. The molecule has 222 valence electrons. The summed E-state index contributed by atoms with van der Waals surface area (Å²) in [6.07, 6.45) is 2.67. The molecule has 0 aliphatic heterocycles. The first-order valence-electron chi connectivity index (χ1n) is 15.7. The van der Waals surface area contributed by atoms with Gasteiger partial charge in [0, 0.05) is 56.1 Å². The minimum Gasteiger partial charge on any atom is -0.456 e. The summed E-state index contributed by atoms with van der Waals surface area (Å²) in [5.74, 6) is 0.871. The highest BCUT2D eigenvalue weighted by molar-refractivity contribution is 6.09. The smallest absolute Gasteiger partial charge is 0.135 e. The van der Waals surface area contributed by atoms with E-state index in [9.17, 15) is 0 Å². The Kier molecular flexibility index (Phi) is 9.35. The first-order valence-corrected chi connectivity index (χ1v) is 15.7. The van der Waals surface area contributed by atoms with Crippen LogP contribution in [0.1, 0.15) is 50.1 Å². The second kappa shape index (κ2) is 13.5. The van der Waals surface area contributed by atoms with E-state index in [1.54, 1.807) is 6.08 Å².